The van der Waals surface area contributed by atoms with E-state index in [-0.39, 0.29) is 124 Å². The highest BCUT2D eigenvalue weighted by molar-refractivity contribution is 6.12. The van der Waals surface area contributed by atoms with Gasteiger partial charge in [-0.2, -0.15) is 0 Å². The van der Waals surface area contributed by atoms with Crippen LogP contribution in [0.5, 0.6) is 0 Å². The van der Waals surface area contributed by atoms with Gasteiger partial charge in [0.2, 0.25) is 29.5 Å². The molecule has 0 aliphatic carbocycles. The zero-order chi connectivity index (χ0) is 70.1. The Bertz CT molecular complexity index is 2420. The molecule has 1 heterocycles. The third-order valence-corrected chi connectivity index (χ3v) is 14.5. The van der Waals surface area contributed by atoms with Gasteiger partial charge < -0.3 is 123 Å². The molecule has 0 saturated carbocycles. The van der Waals surface area contributed by atoms with Crippen molar-refractivity contribution in [1.82, 2.24) is 41.4 Å². The molecule has 35 heteroatoms. The lowest BCUT2D eigenvalue weighted by Gasteiger charge is -2.33. The van der Waals surface area contributed by atoms with E-state index in [0.717, 1.165) is 9.91 Å². The Hall–Kier alpha value is -6.62. The van der Waals surface area contributed by atoms with E-state index in [1.807, 2.05) is 0 Å². The number of anilines is 1. The molecule has 35 nitrogen and oxygen atoms in total. The summed E-state index contributed by atoms with van der Waals surface area (Å²) in [5.41, 5.74) is 12.4. The third kappa shape index (κ3) is 34.2. The van der Waals surface area contributed by atoms with Crippen LogP contribution < -0.4 is 49.2 Å². The van der Waals surface area contributed by atoms with E-state index in [4.69, 9.17) is 46.5 Å². The second-order valence-electron chi connectivity index (χ2n) is 22.6. The summed E-state index contributed by atoms with van der Waals surface area (Å²) in [5.74, 6) is 1.74. The maximum Gasteiger partial charge on any atom is 0.312 e. The first-order valence-corrected chi connectivity index (χ1v) is 31.1. The molecule has 11 atom stereocenters. The average molecular weight is 1350 g/mol. The Morgan fingerprint density at radius 3 is 1.65 bits per heavy atom. The number of carbonyl (C=O) groups excluding carboxylic acids is 8. The van der Waals surface area contributed by atoms with Crippen molar-refractivity contribution in [1.29, 1.82) is 0 Å². The van der Waals surface area contributed by atoms with Gasteiger partial charge in [0.25, 0.3) is 11.8 Å². The van der Waals surface area contributed by atoms with Crippen molar-refractivity contribution in [2.75, 3.05) is 117 Å². The molecule has 0 radical (unpaired) electrons. The molecule has 23 N–H and O–H groups in total. The molecule has 0 fully saturated rings. The molecular formula is C59H102N12O23. The van der Waals surface area contributed by atoms with Crippen molar-refractivity contribution < 1.29 is 113 Å². The van der Waals surface area contributed by atoms with Crippen LogP contribution in [0.2, 0.25) is 0 Å². The van der Waals surface area contributed by atoms with Gasteiger partial charge in [-0.3, -0.25) is 43.4 Å². The highest BCUT2D eigenvalue weighted by atomic mass is 16.6. The van der Waals surface area contributed by atoms with E-state index >= 15 is 0 Å². The largest absolute Gasteiger partial charge is 0.399 e. The lowest BCUT2D eigenvalue weighted by molar-refractivity contribution is -0.137. The molecular weight excluding hydrogens is 1240 g/mol. The number of carbonyl (C=O) groups is 8. The number of hydrogen-bond donors (Lipinski definition) is 20. The number of primary amides is 1. The molecule has 536 valence electrons. The molecule has 1 aliphatic rings. The number of aliphatic hydroxyl groups is 11. The minimum absolute atomic E-state index is 0.000731. The molecule has 1 aliphatic heterocycles. The Kier molecular flexibility index (Phi) is 42.0. The lowest BCUT2D eigenvalue weighted by Crippen LogP contribution is -2.57. The monoisotopic (exact) mass is 1350 g/mol. The van der Waals surface area contributed by atoms with Crippen molar-refractivity contribution >= 4 is 53.1 Å². The first-order chi connectivity index (χ1) is 44.7. The van der Waals surface area contributed by atoms with Crippen LogP contribution in [0.1, 0.15) is 77.2 Å². The van der Waals surface area contributed by atoms with Crippen molar-refractivity contribution in [3.8, 4) is 0 Å². The maximum absolute atomic E-state index is 14.1. The van der Waals surface area contributed by atoms with Gasteiger partial charge in [0.1, 0.15) is 61.3 Å². The number of nitrogens with zero attached hydrogens (tertiary/aromatic N) is 3. The zero-order valence-corrected chi connectivity index (χ0v) is 53.5. The summed E-state index contributed by atoms with van der Waals surface area (Å²) < 4.78 is 22.0. The number of amides is 9. The number of unbranched alkanes of at least 4 members (excludes halogenated alkanes) is 3. The van der Waals surface area contributed by atoms with Crippen LogP contribution in [0.3, 0.4) is 0 Å². The van der Waals surface area contributed by atoms with Gasteiger partial charge in [-0.25, -0.2) is 10.6 Å². The van der Waals surface area contributed by atoms with Crippen LogP contribution >= 0.6 is 0 Å². The molecule has 1 aromatic rings. The minimum Gasteiger partial charge on any atom is -0.399 e. The van der Waals surface area contributed by atoms with Crippen molar-refractivity contribution in [3.63, 3.8) is 0 Å². The van der Waals surface area contributed by atoms with Gasteiger partial charge in [-0.05, 0) is 68.6 Å². The first-order valence-electron chi connectivity index (χ1n) is 31.1. The fraction of sp³-hybridized carbons (Fsp3) is 0.695. The molecule has 0 unspecified atom stereocenters. The maximum atomic E-state index is 14.1. The van der Waals surface area contributed by atoms with Crippen molar-refractivity contribution in [2.45, 2.75) is 145 Å². The highest BCUT2D eigenvalue weighted by Crippen LogP contribution is 2.15. The quantitative estimate of drug-likeness (QED) is 0.0125. The molecule has 2 rings (SSSR count). The number of imide groups is 1. The zero-order valence-electron chi connectivity index (χ0n) is 53.5. The van der Waals surface area contributed by atoms with Crippen LogP contribution in [-0.4, -0.2) is 297 Å². The minimum atomic E-state index is -1.93. The van der Waals surface area contributed by atoms with Gasteiger partial charge in [0, 0.05) is 69.7 Å². The van der Waals surface area contributed by atoms with E-state index in [0.29, 0.717) is 43.4 Å². The van der Waals surface area contributed by atoms with E-state index in [1.165, 1.54) is 23.3 Å². The Morgan fingerprint density at radius 1 is 0.585 bits per heavy atom. The number of nitrogens with two attached hydrogens (primary N) is 3. The number of rotatable bonds is 53. The molecule has 0 aromatic heterocycles. The normalized spacial score (nSPS) is 16.1. The number of hydrazine groups is 1. The summed E-state index contributed by atoms with van der Waals surface area (Å²) in [6.45, 7) is 1.32. The molecule has 1 aromatic carbocycles. The summed E-state index contributed by atoms with van der Waals surface area (Å²) in [6.07, 6.45) is -8.68. The molecule has 0 saturated heterocycles. The molecule has 0 spiro atoms. The van der Waals surface area contributed by atoms with Gasteiger partial charge in [0.15, 0.2) is 0 Å². The predicted octanol–water partition coefficient (Wildman–Crippen LogP) is -7.34. The number of aliphatic hydroxyl groups excluding tert-OH is 11. The van der Waals surface area contributed by atoms with Crippen LogP contribution in [-0.2, 0) is 59.1 Å². The van der Waals surface area contributed by atoms with E-state index < -0.39 is 147 Å². The second kappa shape index (κ2) is 47.3. The SMILES string of the molecule is CC(C)[C@H](NC(=O)[C@H](CCCCNC(=O)CN(N)/C=C(\N)COCCOCCOCCOCCN(C[C@H](O)[C@@H](O)[C@H](O)[C@H](O)CO)C[C@H](O)[C@@H](O)[C@H](O)[C@H](O)CO)NC(=O)CCCCCN1C(=O)C=CC1=O)C(=O)N[C@@H](CCCNC(N)=O)C(=O)Nc1ccc(CO)cc1. The van der Waals surface area contributed by atoms with Gasteiger partial charge in [-0.15, -0.1) is 0 Å². The fourth-order valence-corrected chi connectivity index (χ4v) is 9.07. The van der Waals surface area contributed by atoms with Crippen LogP contribution in [0.25, 0.3) is 0 Å². The first kappa shape index (κ1) is 83.5. The molecule has 9 amide bonds. The van der Waals surface area contributed by atoms with Gasteiger partial charge >= 0.3 is 6.03 Å². The average Bonchev–Trinajstić information content (AvgIpc) is 2.68. The fourth-order valence-electron chi connectivity index (χ4n) is 9.07. The van der Waals surface area contributed by atoms with E-state index in [2.05, 4.69) is 31.9 Å². The smallest absolute Gasteiger partial charge is 0.312 e. The van der Waals surface area contributed by atoms with E-state index in [1.54, 1.807) is 38.1 Å². The van der Waals surface area contributed by atoms with E-state index in [9.17, 15) is 84.3 Å². The summed E-state index contributed by atoms with van der Waals surface area (Å²) in [5, 5.41) is 126. The number of nitrogens with one attached hydrogen (secondary N) is 6. The standard InChI is InChI=1S/C59H102N12O23/c1-37(2)51(58(89)67-42(10-8-19-64-59(61)90)56(87)65-40-14-12-38(33-72)13-15-40)68-57(88)41(66-47(79)11-4-3-7-20-71-49(81)16-17-50(71)82)9-5-6-18-63-48(80)32-70(62)29-39(60)36-94-28-27-93-26-25-92-24-23-91-22-21-69(30-43(75)52(83)54(85)45(77)34-73)31-44(76)53(84)55(86)46(78)35-74/h12-17,29,37,41-46,51-55,72-78,83-86H,3-11,18-28,30-36,60,62H2,1-2H3,(H,63,80)(H,65,87)(H,66,79)(H,67,89)(H,68,88)(H3,61,64,90)/b39-29-/t41-,42-,43-,44-,45+,46+,51-,52+,53+,54+,55+/m0/s1. The van der Waals surface area contributed by atoms with Crippen LogP contribution in [0.15, 0.2) is 48.3 Å². The summed E-state index contributed by atoms with van der Waals surface area (Å²) in [7, 11) is 0. The number of hydrogen-bond acceptors (Lipinski definition) is 27. The number of urea groups is 1. The third-order valence-electron chi connectivity index (χ3n) is 14.5. The Morgan fingerprint density at radius 2 is 1.11 bits per heavy atom. The van der Waals surface area contributed by atoms with Crippen molar-refractivity contribution in [3.05, 3.63) is 53.9 Å². The number of ether oxygens (including phenoxy) is 4. The van der Waals surface area contributed by atoms with Crippen molar-refractivity contribution in [2.24, 2.45) is 23.2 Å². The number of benzene rings is 1. The highest BCUT2D eigenvalue weighted by Gasteiger charge is 2.35. The molecule has 94 heavy (non-hydrogen) atoms. The Balaban J connectivity index is 1.86. The predicted molar refractivity (Wildman–Crippen MR) is 335 cm³/mol. The van der Waals surface area contributed by atoms with Crippen LogP contribution in [0, 0.1) is 5.92 Å². The summed E-state index contributed by atoms with van der Waals surface area (Å²) in [6, 6.07) is 2.12. The lowest BCUT2D eigenvalue weighted by atomic mass is 10.0. The van der Waals surface area contributed by atoms with Gasteiger partial charge in [-0.1, -0.05) is 32.4 Å². The second-order valence-corrected chi connectivity index (χ2v) is 22.6. The van der Waals surface area contributed by atoms with Crippen LogP contribution in [0.4, 0.5) is 10.5 Å². The summed E-state index contributed by atoms with van der Waals surface area (Å²) >= 11 is 0. The topological polar surface area (TPSA) is 556 Å². The summed E-state index contributed by atoms with van der Waals surface area (Å²) in [4.78, 5) is 105. The molecule has 0 bridgehead atoms. The van der Waals surface area contributed by atoms with Gasteiger partial charge in [0.05, 0.1) is 90.6 Å². The Labute approximate surface area is 545 Å².